The van der Waals surface area contributed by atoms with Crippen LogP contribution in [0.3, 0.4) is 0 Å². The first-order valence-electron chi connectivity index (χ1n) is 8.03. The molecule has 1 aliphatic heterocycles. The molecule has 5 heteroatoms. The van der Waals surface area contributed by atoms with Crippen molar-refractivity contribution in [2.75, 3.05) is 6.54 Å². The summed E-state index contributed by atoms with van der Waals surface area (Å²) in [5.74, 6) is -0.322. The quantitative estimate of drug-likeness (QED) is 0.701. The van der Waals surface area contributed by atoms with Crippen molar-refractivity contribution in [2.45, 2.75) is 13.5 Å². The minimum absolute atomic E-state index is 0.0948. The molecule has 1 aromatic heterocycles. The fourth-order valence-electron chi connectivity index (χ4n) is 3.12. The second-order valence-electron chi connectivity index (χ2n) is 6.23. The zero-order valence-corrected chi connectivity index (χ0v) is 13.7. The fourth-order valence-corrected chi connectivity index (χ4v) is 3.12. The highest BCUT2D eigenvalue weighted by molar-refractivity contribution is 5.95. The van der Waals surface area contributed by atoms with Crippen LogP contribution >= 0.6 is 0 Å². The molecule has 0 bridgehead atoms. The molecule has 2 heterocycles. The first-order valence-corrected chi connectivity index (χ1v) is 8.03. The molecule has 4 rings (SSSR count). The summed E-state index contributed by atoms with van der Waals surface area (Å²) in [6.07, 6.45) is 7.65. The number of phenolic OH excluding ortho intramolecular Hbond substituents is 2. The van der Waals surface area contributed by atoms with Crippen molar-refractivity contribution >= 4 is 21.9 Å². The van der Waals surface area contributed by atoms with Crippen molar-refractivity contribution in [3.05, 3.63) is 70.0 Å². The summed E-state index contributed by atoms with van der Waals surface area (Å²) >= 11 is 0. The Morgan fingerprint density at radius 3 is 2.76 bits per heavy atom. The van der Waals surface area contributed by atoms with E-state index >= 15 is 0 Å². The minimum atomic E-state index is -0.298. The van der Waals surface area contributed by atoms with Gasteiger partial charge in [0.2, 0.25) is 5.43 Å². The van der Waals surface area contributed by atoms with Gasteiger partial charge in [0.25, 0.3) is 0 Å². The Kier molecular flexibility index (Phi) is 3.50. The third-order valence-electron chi connectivity index (χ3n) is 4.42. The maximum Gasteiger partial charge on any atom is 0.204 e. The number of hydrogen-bond donors (Lipinski definition) is 2. The zero-order valence-electron chi connectivity index (χ0n) is 13.7. The van der Waals surface area contributed by atoms with E-state index in [2.05, 4.69) is 0 Å². The van der Waals surface area contributed by atoms with Crippen LogP contribution in [-0.4, -0.2) is 21.7 Å². The fraction of sp³-hybridized carbons (Fsp3) is 0.150. The Morgan fingerprint density at radius 2 is 2.00 bits per heavy atom. The average molecular weight is 335 g/mol. The predicted octanol–water partition coefficient (Wildman–Crippen LogP) is 3.55. The molecule has 0 amide bonds. The van der Waals surface area contributed by atoms with Crippen LogP contribution in [0.15, 0.2) is 57.9 Å². The second kappa shape index (κ2) is 5.70. The molecule has 2 N–H and O–H groups in total. The molecule has 0 aliphatic carbocycles. The number of rotatable bonds is 2. The molecule has 0 radical (unpaired) electrons. The Labute approximate surface area is 143 Å². The number of fused-ring (bicyclic) bond motifs is 2. The Balaban J connectivity index is 1.95. The number of hydrogen-bond acceptors (Lipinski definition) is 5. The molecule has 3 aromatic rings. The van der Waals surface area contributed by atoms with E-state index in [0.29, 0.717) is 29.6 Å². The van der Waals surface area contributed by atoms with Crippen LogP contribution < -0.4 is 5.43 Å². The molecular weight excluding hydrogens is 318 g/mol. The zero-order chi connectivity index (χ0) is 17.6. The summed E-state index contributed by atoms with van der Waals surface area (Å²) in [6.45, 7) is 2.85. The highest BCUT2D eigenvalue weighted by Gasteiger charge is 2.20. The van der Waals surface area contributed by atoms with Gasteiger partial charge in [-0.15, -0.1) is 0 Å². The van der Waals surface area contributed by atoms with Crippen molar-refractivity contribution in [1.29, 1.82) is 0 Å². The lowest BCUT2D eigenvalue weighted by Gasteiger charge is -2.22. The van der Waals surface area contributed by atoms with E-state index < -0.39 is 0 Å². The van der Waals surface area contributed by atoms with Gasteiger partial charge in [-0.25, -0.2) is 0 Å². The van der Waals surface area contributed by atoms with E-state index in [9.17, 15) is 15.0 Å². The number of benzene rings is 2. The third-order valence-corrected chi connectivity index (χ3v) is 4.42. The summed E-state index contributed by atoms with van der Waals surface area (Å²) in [5, 5.41) is 21.5. The van der Waals surface area contributed by atoms with Gasteiger partial charge in [-0.1, -0.05) is 23.8 Å². The summed E-state index contributed by atoms with van der Waals surface area (Å²) in [5.41, 5.74) is 1.55. The Bertz CT molecular complexity index is 1110. The van der Waals surface area contributed by atoms with Crippen molar-refractivity contribution in [3.8, 4) is 11.5 Å². The Morgan fingerprint density at radius 1 is 1.16 bits per heavy atom. The van der Waals surface area contributed by atoms with E-state index in [1.54, 1.807) is 12.1 Å². The standard InChI is InChI=1S/C20H17NO4/c1-12-5-6-16-13(9-12)19(23)18-17(25-16)10-15(22)14(20(18)24)11-21-7-3-2-4-8-21/h2-7,9-10,22,24H,8,11H2,1H3. The molecule has 0 fully saturated rings. The van der Waals surface area contributed by atoms with Gasteiger partial charge in [-0.2, -0.15) is 0 Å². The molecule has 0 saturated heterocycles. The molecule has 0 spiro atoms. The van der Waals surface area contributed by atoms with Crippen molar-refractivity contribution in [1.82, 2.24) is 4.90 Å². The normalized spacial score (nSPS) is 13.9. The van der Waals surface area contributed by atoms with Crippen LogP contribution in [0.25, 0.3) is 21.9 Å². The lowest BCUT2D eigenvalue weighted by atomic mass is 10.0. The van der Waals surface area contributed by atoms with Crippen LogP contribution in [0.1, 0.15) is 11.1 Å². The van der Waals surface area contributed by atoms with Gasteiger partial charge in [0.05, 0.1) is 17.5 Å². The largest absolute Gasteiger partial charge is 0.507 e. The first-order chi connectivity index (χ1) is 12.0. The number of nitrogens with zero attached hydrogens (tertiary/aromatic N) is 1. The van der Waals surface area contributed by atoms with E-state index in [-0.39, 0.29) is 27.9 Å². The molecule has 2 aromatic carbocycles. The van der Waals surface area contributed by atoms with E-state index in [4.69, 9.17) is 4.42 Å². The number of aromatic hydroxyl groups is 2. The van der Waals surface area contributed by atoms with Gasteiger partial charge in [-0.05, 0) is 31.3 Å². The molecule has 126 valence electrons. The summed E-state index contributed by atoms with van der Waals surface area (Å²) < 4.78 is 5.73. The third kappa shape index (κ3) is 2.54. The minimum Gasteiger partial charge on any atom is -0.507 e. The lowest BCUT2D eigenvalue weighted by Crippen LogP contribution is -2.18. The number of allylic oxidation sites excluding steroid dienone is 2. The molecule has 0 saturated carbocycles. The van der Waals surface area contributed by atoms with Crippen LogP contribution in [0.2, 0.25) is 0 Å². The monoisotopic (exact) mass is 335 g/mol. The lowest BCUT2D eigenvalue weighted by molar-refractivity contribution is 0.372. The predicted molar refractivity (Wildman–Crippen MR) is 96.7 cm³/mol. The van der Waals surface area contributed by atoms with Gasteiger partial charge in [-0.3, -0.25) is 4.79 Å². The highest BCUT2D eigenvalue weighted by Crippen LogP contribution is 2.36. The average Bonchev–Trinajstić information content (AvgIpc) is 2.60. The molecule has 0 unspecified atom stereocenters. The maximum atomic E-state index is 12.9. The smallest absolute Gasteiger partial charge is 0.204 e. The SMILES string of the molecule is Cc1ccc2oc3cc(O)c(CN4C=CC=CC4)c(O)c3c(=O)c2c1. The van der Waals surface area contributed by atoms with E-state index in [0.717, 1.165) is 5.56 Å². The van der Waals surface area contributed by atoms with Crippen LogP contribution in [0, 0.1) is 6.92 Å². The molecule has 0 atom stereocenters. The Hall–Kier alpha value is -3.21. The van der Waals surface area contributed by atoms with Gasteiger partial charge in [0, 0.05) is 12.6 Å². The van der Waals surface area contributed by atoms with Crippen LogP contribution in [-0.2, 0) is 6.54 Å². The number of aryl methyl sites for hydroxylation is 1. The van der Waals surface area contributed by atoms with Gasteiger partial charge in [0.15, 0.2) is 0 Å². The molecule has 25 heavy (non-hydrogen) atoms. The van der Waals surface area contributed by atoms with Gasteiger partial charge in [0.1, 0.15) is 28.1 Å². The molecule has 1 aliphatic rings. The molecule has 5 nitrogen and oxygen atoms in total. The van der Waals surface area contributed by atoms with Crippen molar-refractivity contribution < 1.29 is 14.6 Å². The summed E-state index contributed by atoms with van der Waals surface area (Å²) in [4.78, 5) is 14.8. The van der Waals surface area contributed by atoms with Crippen LogP contribution in [0.4, 0.5) is 0 Å². The summed E-state index contributed by atoms with van der Waals surface area (Å²) in [6, 6.07) is 6.71. The van der Waals surface area contributed by atoms with Crippen LogP contribution in [0.5, 0.6) is 11.5 Å². The first kappa shape index (κ1) is 15.3. The van der Waals surface area contributed by atoms with Gasteiger partial charge >= 0.3 is 0 Å². The van der Waals surface area contributed by atoms with Gasteiger partial charge < -0.3 is 19.5 Å². The topological polar surface area (TPSA) is 73.9 Å². The van der Waals surface area contributed by atoms with Crippen molar-refractivity contribution in [2.24, 2.45) is 0 Å². The summed E-state index contributed by atoms with van der Waals surface area (Å²) in [7, 11) is 0. The van der Waals surface area contributed by atoms with Crippen molar-refractivity contribution in [3.63, 3.8) is 0 Å². The highest BCUT2D eigenvalue weighted by atomic mass is 16.3. The van der Waals surface area contributed by atoms with E-state index in [1.165, 1.54) is 6.07 Å². The second-order valence-corrected chi connectivity index (χ2v) is 6.23. The number of phenols is 2. The maximum absolute atomic E-state index is 12.9. The molecular formula is C20H17NO4. The van der Waals surface area contributed by atoms with E-state index in [1.807, 2.05) is 42.3 Å².